The molecule has 1 aliphatic carbocycles. The first-order valence-electron chi connectivity index (χ1n) is 7.86. The molecule has 8 nitrogen and oxygen atoms in total. The van der Waals surface area contributed by atoms with E-state index < -0.39 is 22.3 Å². The van der Waals surface area contributed by atoms with Crippen LogP contribution in [0.25, 0.3) is 0 Å². The van der Waals surface area contributed by atoms with Crippen LogP contribution in [-0.4, -0.2) is 45.9 Å². The zero-order chi connectivity index (χ0) is 17.7. The molecule has 2 N–H and O–H groups in total. The number of anilines is 1. The summed E-state index contributed by atoms with van der Waals surface area (Å²) < 4.78 is 0. The highest BCUT2D eigenvalue weighted by molar-refractivity contribution is 5.89. The number of carboxylic acid groups (broad SMARTS) is 1. The normalized spacial score (nSPS) is 16.2. The van der Waals surface area contributed by atoms with E-state index >= 15 is 0 Å². The Balaban J connectivity index is 2.09. The van der Waals surface area contributed by atoms with Crippen molar-refractivity contribution in [3.05, 3.63) is 34.4 Å². The number of rotatable bonds is 6. The standard InChI is InChI=1S/C16H21N3O5/c1-18(16(15(21)22)9-5-2-6-10-16)14(20)11-17-12-7-3-4-8-13(12)19(23)24/h3-4,7-8,17H,2,5-6,9-11H2,1H3,(H,21,22). The molecule has 0 bridgehead atoms. The van der Waals surface area contributed by atoms with Crippen LogP contribution >= 0.6 is 0 Å². The second-order valence-electron chi connectivity index (χ2n) is 5.98. The highest BCUT2D eigenvalue weighted by Gasteiger charge is 2.45. The van der Waals surface area contributed by atoms with Crippen molar-refractivity contribution >= 4 is 23.3 Å². The number of likely N-dealkylation sites (N-methyl/N-ethyl adjacent to an activating group) is 1. The van der Waals surface area contributed by atoms with Crippen molar-refractivity contribution in [1.29, 1.82) is 0 Å². The van der Waals surface area contributed by atoms with Gasteiger partial charge in [0, 0.05) is 13.1 Å². The molecule has 1 aromatic carbocycles. The average Bonchev–Trinajstić information content (AvgIpc) is 2.59. The summed E-state index contributed by atoms with van der Waals surface area (Å²) in [5, 5.41) is 23.3. The Morgan fingerprint density at radius 2 is 1.92 bits per heavy atom. The number of nitrogens with one attached hydrogen (secondary N) is 1. The minimum atomic E-state index is -1.18. The maximum absolute atomic E-state index is 12.4. The molecule has 0 aliphatic heterocycles. The van der Waals surface area contributed by atoms with Crippen molar-refractivity contribution in [1.82, 2.24) is 4.90 Å². The number of nitro groups is 1. The highest BCUT2D eigenvalue weighted by Crippen LogP contribution is 2.33. The number of carboxylic acids is 1. The van der Waals surface area contributed by atoms with E-state index in [0.717, 1.165) is 19.3 Å². The van der Waals surface area contributed by atoms with Crippen LogP contribution in [-0.2, 0) is 9.59 Å². The molecule has 0 unspecified atom stereocenters. The van der Waals surface area contributed by atoms with E-state index in [2.05, 4.69) is 5.32 Å². The molecule has 130 valence electrons. The largest absolute Gasteiger partial charge is 0.479 e. The number of nitrogens with zero attached hydrogens (tertiary/aromatic N) is 2. The van der Waals surface area contributed by atoms with Crippen molar-refractivity contribution < 1.29 is 19.6 Å². The van der Waals surface area contributed by atoms with Crippen LogP contribution in [0.5, 0.6) is 0 Å². The second kappa shape index (κ2) is 7.29. The van der Waals surface area contributed by atoms with Gasteiger partial charge in [-0.05, 0) is 18.9 Å². The Bertz CT molecular complexity index is 640. The predicted molar refractivity (Wildman–Crippen MR) is 87.8 cm³/mol. The third-order valence-corrected chi connectivity index (χ3v) is 4.63. The van der Waals surface area contributed by atoms with Crippen molar-refractivity contribution in [3.8, 4) is 0 Å². The lowest BCUT2D eigenvalue weighted by molar-refractivity contribution is -0.383. The summed E-state index contributed by atoms with van der Waals surface area (Å²) in [6.45, 7) is -0.198. The van der Waals surface area contributed by atoms with E-state index in [0.29, 0.717) is 12.8 Å². The fourth-order valence-electron chi connectivity index (χ4n) is 3.14. The van der Waals surface area contributed by atoms with Gasteiger partial charge in [-0.1, -0.05) is 31.4 Å². The van der Waals surface area contributed by atoms with Gasteiger partial charge in [-0.15, -0.1) is 0 Å². The van der Waals surface area contributed by atoms with E-state index in [1.165, 1.54) is 24.1 Å². The molecule has 8 heteroatoms. The first-order chi connectivity index (χ1) is 11.4. The number of carbonyl (C=O) groups is 2. The molecular weight excluding hydrogens is 314 g/mol. The molecule has 1 aromatic rings. The summed E-state index contributed by atoms with van der Waals surface area (Å²) in [4.78, 5) is 35.9. The van der Waals surface area contributed by atoms with Crippen molar-refractivity contribution in [2.24, 2.45) is 0 Å². The van der Waals surface area contributed by atoms with Gasteiger partial charge in [0.15, 0.2) is 0 Å². The Morgan fingerprint density at radius 1 is 1.29 bits per heavy atom. The van der Waals surface area contributed by atoms with E-state index in [9.17, 15) is 24.8 Å². The monoisotopic (exact) mass is 335 g/mol. The summed E-state index contributed by atoms with van der Waals surface area (Å²) in [6, 6.07) is 6.03. The molecule has 1 saturated carbocycles. The third kappa shape index (κ3) is 3.47. The number of benzene rings is 1. The zero-order valence-electron chi connectivity index (χ0n) is 13.5. The van der Waals surface area contributed by atoms with Crippen LogP contribution in [0.4, 0.5) is 11.4 Å². The van der Waals surface area contributed by atoms with Gasteiger partial charge in [0.2, 0.25) is 5.91 Å². The fourth-order valence-corrected chi connectivity index (χ4v) is 3.14. The molecule has 0 aromatic heterocycles. The van der Waals surface area contributed by atoms with Gasteiger partial charge in [-0.2, -0.15) is 0 Å². The lowest BCUT2D eigenvalue weighted by Crippen LogP contribution is -2.57. The summed E-state index contributed by atoms with van der Waals surface area (Å²) >= 11 is 0. The summed E-state index contributed by atoms with van der Waals surface area (Å²) in [5.41, 5.74) is -1.07. The topological polar surface area (TPSA) is 113 Å². The van der Waals surface area contributed by atoms with E-state index in [1.807, 2.05) is 0 Å². The second-order valence-corrected chi connectivity index (χ2v) is 5.98. The Labute approximate surface area is 139 Å². The van der Waals surface area contributed by atoms with Crippen LogP contribution < -0.4 is 5.32 Å². The number of hydrogen-bond acceptors (Lipinski definition) is 5. The number of aliphatic carboxylic acids is 1. The molecule has 24 heavy (non-hydrogen) atoms. The van der Waals surface area contributed by atoms with Crippen LogP contribution in [0.2, 0.25) is 0 Å². The number of carbonyl (C=O) groups excluding carboxylic acids is 1. The Hall–Kier alpha value is -2.64. The Morgan fingerprint density at radius 3 is 2.50 bits per heavy atom. The van der Waals surface area contributed by atoms with Gasteiger partial charge < -0.3 is 15.3 Å². The van der Waals surface area contributed by atoms with Crippen LogP contribution in [0.15, 0.2) is 24.3 Å². The third-order valence-electron chi connectivity index (χ3n) is 4.63. The maximum atomic E-state index is 12.4. The quantitative estimate of drug-likeness (QED) is 0.609. The van der Waals surface area contributed by atoms with Gasteiger partial charge in [0.1, 0.15) is 11.2 Å². The van der Waals surface area contributed by atoms with E-state index in [-0.39, 0.29) is 17.9 Å². The first kappa shape index (κ1) is 17.7. The number of para-hydroxylation sites is 2. The first-order valence-corrected chi connectivity index (χ1v) is 7.86. The molecule has 0 saturated heterocycles. The molecule has 1 fully saturated rings. The molecular formula is C16H21N3O5. The summed E-state index contributed by atoms with van der Waals surface area (Å²) in [7, 11) is 1.49. The summed E-state index contributed by atoms with van der Waals surface area (Å²) in [6.07, 6.45) is 3.35. The van der Waals surface area contributed by atoms with Gasteiger partial charge >= 0.3 is 5.97 Å². The number of hydrogen-bond donors (Lipinski definition) is 2. The van der Waals surface area contributed by atoms with Crippen LogP contribution in [0.3, 0.4) is 0 Å². The molecule has 0 spiro atoms. The van der Waals surface area contributed by atoms with Gasteiger partial charge in [0.25, 0.3) is 5.69 Å². The molecule has 0 heterocycles. The maximum Gasteiger partial charge on any atom is 0.329 e. The molecule has 0 atom stereocenters. The lowest BCUT2D eigenvalue weighted by atomic mass is 9.80. The highest BCUT2D eigenvalue weighted by atomic mass is 16.6. The molecule has 1 amide bonds. The molecule has 2 rings (SSSR count). The van der Waals surface area contributed by atoms with Crippen molar-refractivity contribution in [2.45, 2.75) is 37.6 Å². The van der Waals surface area contributed by atoms with Crippen LogP contribution in [0.1, 0.15) is 32.1 Å². The predicted octanol–water partition coefficient (Wildman–Crippen LogP) is 2.25. The van der Waals surface area contributed by atoms with E-state index in [1.54, 1.807) is 12.1 Å². The van der Waals surface area contributed by atoms with Gasteiger partial charge in [0.05, 0.1) is 11.5 Å². The smallest absolute Gasteiger partial charge is 0.329 e. The molecule has 1 aliphatic rings. The minimum Gasteiger partial charge on any atom is -0.479 e. The van der Waals surface area contributed by atoms with Crippen molar-refractivity contribution in [3.63, 3.8) is 0 Å². The average molecular weight is 335 g/mol. The zero-order valence-corrected chi connectivity index (χ0v) is 13.5. The van der Waals surface area contributed by atoms with Gasteiger partial charge in [-0.25, -0.2) is 4.79 Å². The summed E-state index contributed by atoms with van der Waals surface area (Å²) in [5.74, 6) is -1.40. The fraction of sp³-hybridized carbons (Fsp3) is 0.500. The van der Waals surface area contributed by atoms with Gasteiger partial charge in [-0.3, -0.25) is 14.9 Å². The Kier molecular flexibility index (Phi) is 5.38. The lowest BCUT2D eigenvalue weighted by Gasteiger charge is -2.41. The van der Waals surface area contributed by atoms with E-state index in [4.69, 9.17) is 0 Å². The molecule has 0 radical (unpaired) electrons. The minimum absolute atomic E-state index is 0.126. The number of nitro benzene ring substituents is 1. The van der Waals surface area contributed by atoms with Crippen LogP contribution in [0, 0.1) is 10.1 Å². The SMILES string of the molecule is CN(C(=O)CNc1ccccc1[N+](=O)[O-])C1(C(=O)O)CCCCC1. The van der Waals surface area contributed by atoms with Crippen molar-refractivity contribution in [2.75, 3.05) is 18.9 Å². The number of amides is 1.